The lowest BCUT2D eigenvalue weighted by atomic mass is 10.1. The molecule has 0 spiro atoms. The maximum Gasteiger partial charge on any atom is 0.337 e. The Balaban J connectivity index is 2.01. The standard InChI is InChI=1S/C16H15NO3/c1-20-12-6-4-10(5-7-12)14-9-8-13(16(18)19)15(17-14)11-2-3-11/h4-9,11H,2-3H2,1H3,(H,18,19). The van der Waals surface area contributed by atoms with Gasteiger partial charge in [-0.2, -0.15) is 0 Å². The maximum atomic E-state index is 11.2. The largest absolute Gasteiger partial charge is 0.497 e. The molecule has 1 heterocycles. The van der Waals surface area contributed by atoms with Crippen molar-refractivity contribution in [1.29, 1.82) is 0 Å². The number of aromatic carboxylic acids is 1. The summed E-state index contributed by atoms with van der Waals surface area (Å²) in [7, 11) is 1.63. The Hall–Kier alpha value is -2.36. The topological polar surface area (TPSA) is 59.4 Å². The van der Waals surface area contributed by atoms with Gasteiger partial charge in [-0.3, -0.25) is 4.98 Å². The lowest BCUT2D eigenvalue weighted by Gasteiger charge is -2.08. The van der Waals surface area contributed by atoms with Crippen molar-refractivity contribution in [2.24, 2.45) is 0 Å². The Bertz CT molecular complexity index is 645. The average Bonchev–Trinajstić information content (AvgIpc) is 3.31. The third-order valence-corrected chi connectivity index (χ3v) is 3.50. The van der Waals surface area contributed by atoms with E-state index in [2.05, 4.69) is 4.98 Å². The van der Waals surface area contributed by atoms with E-state index in [0.29, 0.717) is 17.2 Å². The van der Waals surface area contributed by atoms with Crippen molar-refractivity contribution in [3.63, 3.8) is 0 Å². The summed E-state index contributed by atoms with van der Waals surface area (Å²) in [4.78, 5) is 15.8. The molecular formula is C16H15NO3. The molecule has 102 valence electrons. The number of benzene rings is 1. The monoisotopic (exact) mass is 269 g/mol. The highest BCUT2D eigenvalue weighted by Crippen LogP contribution is 2.41. The fraction of sp³-hybridized carbons (Fsp3) is 0.250. The highest BCUT2D eigenvalue weighted by atomic mass is 16.5. The van der Waals surface area contributed by atoms with Crippen molar-refractivity contribution in [2.75, 3.05) is 7.11 Å². The molecule has 0 saturated heterocycles. The average molecular weight is 269 g/mol. The molecule has 1 aromatic carbocycles. The Morgan fingerprint density at radius 3 is 2.45 bits per heavy atom. The summed E-state index contributed by atoms with van der Waals surface area (Å²) < 4.78 is 5.13. The predicted molar refractivity (Wildman–Crippen MR) is 75.2 cm³/mol. The molecule has 0 atom stereocenters. The fourth-order valence-corrected chi connectivity index (χ4v) is 2.25. The Morgan fingerprint density at radius 1 is 1.20 bits per heavy atom. The second-order valence-electron chi connectivity index (χ2n) is 4.94. The highest BCUT2D eigenvalue weighted by Gasteiger charge is 2.30. The van der Waals surface area contributed by atoms with Crippen LogP contribution in [0.3, 0.4) is 0 Å². The molecule has 2 aromatic rings. The van der Waals surface area contributed by atoms with Gasteiger partial charge in [-0.15, -0.1) is 0 Å². The molecule has 1 saturated carbocycles. The van der Waals surface area contributed by atoms with Crippen LogP contribution >= 0.6 is 0 Å². The lowest BCUT2D eigenvalue weighted by Crippen LogP contribution is -2.04. The van der Waals surface area contributed by atoms with E-state index in [-0.39, 0.29) is 0 Å². The molecule has 0 unspecified atom stereocenters. The zero-order valence-electron chi connectivity index (χ0n) is 11.2. The predicted octanol–water partition coefficient (Wildman–Crippen LogP) is 3.33. The minimum atomic E-state index is -0.902. The first kappa shape index (κ1) is 12.7. The summed E-state index contributed by atoms with van der Waals surface area (Å²) >= 11 is 0. The normalized spacial score (nSPS) is 14.1. The number of nitrogens with zero attached hydrogens (tertiary/aromatic N) is 1. The Kier molecular flexibility index (Phi) is 3.14. The molecule has 20 heavy (non-hydrogen) atoms. The molecule has 1 aliphatic carbocycles. The number of carbonyl (C=O) groups is 1. The minimum Gasteiger partial charge on any atom is -0.497 e. The number of hydrogen-bond donors (Lipinski definition) is 1. The van der Waals surface area contributed by atoms with Crippen LogP contribution in [0.5, 0.6) is 5.75 Å². The summed E-state index contributed by atoms with van der Waals surface area (Å²) in [6.45, 7) is 0. The van der Waals surface area contributed by atoms with E-state index in [1.807, 2.05) is 24.3 Å². The van der Waals surface area contributed by atoms with Crippen molar-refractivity contribution in [2.45, 2.75) is 18.8 Å². The van der Waals surface area contributed by atoms with E-state index in [9.17, 15) is 9.90 Å². The fourth-order valence-electron chi connectivity index (χ4n) is 2.25. The quantitative estimate of drug-likeness (QED) is 0.924. The first-order valence-electron chi connectivity index (χ1n) is 6.57. The maximum absolute atomic E-state index is 11.2. The van der Waals surface area contributed by atoms with E-state index in [4.69, 9.17) is 4.74 Å². The van der Waals surface area contributed by atoms with E-state index in [0.717, 1.165) is 29.8 Å². The van der Waals surface area contributed by atoms with Gasteiger partial charge < -0.3 is 9.84 Å². The summed E-state index contributed by atoms with van der Waals surface area (Å²) in [6.07, 6.45) is 2.05. The zero-order valence-corrected chi connectivity index (χ0v) is 11.2. The smallest absolute Gasteiger partial charge is 0.337 e. The number of pyridine rings is 1. The molecule has 4 nitrogen and oxygen atoms in total. The van der Waals surface area contributed by atoms with E-state index in [1.54, 1.807) is 19.2 Å². The van der Waals surface area contributed by atoms with Gasteiger partial charge in [-0.1, -0.05) is 0 Å². The number of carboxylic acids is 1. The van der Waals surface area contributed by atoms with Crippen molar-refractivity contribution in [3.8, 4) is 17.0 Å². The number of ether oxygens (including phenoxy) is 1. The third-order valence-electron chi connectivity index (χ3n) is 3.50. The van der Waals surface area contributed by atoms with Crippen molar-refractivity contribution in [3.05, 3.63) is 47.7 Å². The first-order valence-corrected chi connectivity index (χ1v) is 6.57. The second-order valence-corrected chi connectivity index (χ2v) is 4.94. The van der Waals surface area contributed by atoms with E-state index in [1.165, 1.54) is 0 Å². The van der Waals surface area contributed by atoms with Crippen LogP contribution in [0.1, 0.15) is 34.8 Å². The van der Waals surface area contributed by atoms with Crippen molar-refractivity contribution in [1.82, 2.24) is 4.98 Å². The molecule has 3 rings (SSSR count). The number of hydrogen-bond acceptors (Lipinski definition) is 3. The molecule has 1 aliphatic rings. The third kappa shape index (κ3) is 2.37. The summed E-state index contributed by atoms with van der Waals surface area (Å²) in [6, 6.07) is 11.0. The Labute approximate surface area is 117 Å². The van der Waals surface area contributed by atoms with Crippen molar-refractivity contribution >= 4 is 5.97 Å². The van der Waals surface area contributed by atoms with Crippen LogP contribution in [0, 0.1) is 0 Å². The zero-order chi connectivity index (χ0) is 14.1. The Morgan fingerprint density at radius 2 is 1.90 bits per heavy atom. The van der Waals surface area contributed by atoms with Gasteiger partial charge in [0.2, 0.25) is 0 Å². The van der Waals surface area contributed by atoms with E-state index < -0.39 is 5.97 Å². The van der Waals surface area contributed by atoms with Crippen LogP contribution in [0.4, 0.5) is 0 Å². The molecule has 1 N–H and O–H groups in total. The van der Waals surface area contributed by atoms with Gasteiger partial charge in [0.1, 0.15) is 5.75 Å². The van der Waals surface area contributed by atoms with Gasteiger partial charge in [0.15, 0.2) is 0 Å². The summed E-state index contributed by atoms with van der Waals surface area (Å²) in [5.74, 6) is 0.193. The molecule has 0 radical (unpaired) electrons. The molecule has 0 aliphatic heterocycles. The summed E-state index contributed by atoms with van der Waals surface area (Å²) in [5, 5.41) is 9.22. The van der Waals surface area contributed by atoms with E-state index >= 15 is 0 Å². The van der Waals surface area contributed by atoms with Gasteiger partial charge in [-0.05, 0) is 49.2 Å². The molecule has 1 fully saturated rings. The SMILES string of the molecule is COc1ccc(-c2ccc(C(=O)O)c(C3CC3)n2)cc1. The number of aromatic nitrogens is 1. The molecule has 1 aromatic heterocycles. The van der Waals surface area contributed by atoms with Crippen molar-refractivity contribution < 1.29 is 14.6 Å². The molecule has 0 bridgehead atoms. The first-order chi connectivity index (χ1) is 9.69. The van der Waals surface area contributed by atoms with Crippen LogP contribution in [0.2, 0.25) is 0 Å². The van der Waals surface area contributed by atoms with Gasteiger partial charge in [0.25, 0.3) is 0 Å². The molecular weight excluding hydrogens is 254 g/mol. The van der Waals surface area contributed by atoms with Gasteiger partial charge in [0, 0.05) is 11.5 Å². The van der Waals surface area contributed by atoms with Crippen LogP contribution in [-0.4, -0.2) is 23.2 Å². The number of rotatable bonds is 4. The molecule has 0 amide bonds. The molecule has 4 heteroatoms. The lowest BCUT2D eigenvalue weighted by molar-refractivity contribution is 0.0695. The van der Waals surface area contributed by atoms with Crippen LogP contribution in [0.25, 0.3) is 11.3 Å². The van der Waals surface area contributed by atoms with Crippen LogP contribution in [-0.2, 0) is 0 Å². The van der Waals surface area contributed by atoms with Crippen LogP contribution in [0.15, 0.2) is 36.4 Å². The van der Waals surface area contributed by atoms with Gasteiger partial charge in [0.05, 0.1) is 24.1 Å². The number of carboxylic acid groups (broad SMARTS) is 1. The van der Waals surface area contributed by atoms with Crippen LogP contribution < -0.4 is 4.74 Å². The van der Waals surface area contributed by atoms with Gasteiger partial charge >= 0.3 is 5.97 Å². The number of methoxy groups -OCH3 is 1. The summed E-state index contributed by atoms with van der Waals surface area (Å²) in [5.41, 5.74) is 2.81. The second kappa shape index (κ2) is 4.96. The highest BCUT2D eigenvalue weighted by molar-refractivity contribution is 5.89. The van der Waals surface area contributed by atoms with Gasteiger partial charge in [-0.25, -0.2) is 4.79 Å². The minimum absolute atomic E-state index is 0.305.